The van der Waals surface area contributed by atoms with Gasteiger partial charge in [0.25, 0.3) is 10.1 Å². The van der Waals surface area contributed by atoms with Gasteiger partial charge in [-0.05, 0) is 18.2 Å². The fraction of sp³-hybridized carbons (Fsp3) is 0. The summed E-state index contributed by atoms with van der Waals surface area (Å²) in [6.07, 6.45) is 0. The monoisotopic (exact) mass is 369 g/mol. The predicted molar refractivity (Wildman–Crippen MR) is 95.9 cm³/mol. The summed E-state index contributed by atoms with van der Waals surface area (Å²) in [6, 6.07) is 13.0. The molecule has 9 heteroatoms. The minimum atomic E-state index is -4.48. The summed E-state index contributed by atoms with van der Waals surface area (Å²) in [7, 11) is -4.48. The molecule has 0 fully saturated rings. The second-order valence-electron chi connectivity index (χ2n) is 5.01. The molecule has 124 valence electrons. The van der Waals surface area contributed by atoms with Gasteiger partial charge >= 0.3 is 29.6 Å². The molecule has 0 atom stereocenters. The van der Waals surface area contributed by atoms with E-state index in [-0.39, 0.29) is 56.9 Å². The van der Waals surface area contributed by atoms with Crippen molar-refractivity contribution in [3.05, 3.63) is 60.4 Å². The summed E-state index contributed by atoms with van der Waals surface area (Å²) >= 11 is 0. The van der Waals surface area contributed by atoms with Crippen molar-refractivity contribution < 1.29 is 17.4 Å². The molecule has 3 aromatic rings. The third-order valence-corrected chi connectivity index (χ3v) is 4.28. The molecule has 0 saturated carbocycles. The average molecular weight is 369 g/mol. The Morgan fingerprint density at radius 2 is 1.64 bits per heavy atom. The number of hydrogen-bond donors (Lipinski definition) is 2. The normalized spacial score (nSPS) is 11.6. The summed E-state index contributed by atoms with van der Waals surface area (Å²) in [4.78, 5) is -0.319. The molecule has 0 bridgehead atoms. The van der Waals surface area contributed by atoms with Gasteiger partial charge in [0.15, 0.2) is 0 Å². The Bertz CT molecular complexity index is 1070. The van der Waals surface area contributed by atoms with E-state index in [1.807, 2.05) is 0 Å². The fourth-order valence-corrected chi connectivity index (χ4v) is 3.01. The zero-order valence-corrected chi connectivity index (χ0v) is 13.0. The van der Waals surface area contributed by atoms with Crippen LogP contribution in [-0.4, -0.2) is 42.5 Å². The van der Waals surface area contributed by atoms with E-state index in [4.69, 9.17) is 5.73 Å². The summed E-state index contributed by atoms with van der Waals surface area (Å²) in [5.41, 5.74) is 6.53. The number of anilines is 1. The first kappa shape index (κ1) is 19.5. The van der Waals surface area contributed by atoms with Gasteiger partial charge < -0.3 is 5.73 Å². The number of halogens is 1. The number of rotatable bonds is 3. The van der Waals surface area contributed by atoms with Gasteiger partial charge in [-0.15, -0.1) is 5.11 Å². The van der Waals surface area contributed by atoms with Crippen LogP contribution in [0, 0.1) is 5.82 Å². The Morgan fingerprint density at radius 3 is 2.28 bits per heavy atom. The number of hydrogen-bond acceptors (Lipinski definition) is 5. The SMILES string of the molecule is Nc1c(/N=N/c2cccc(F)c2)cc(S(=O)(=O)O)c2ccccc12.[NaH]. The summed E-state index contributed by atoms with van der Waals surface area (Å²) < 4.78 is 45.8. The van der Waals surface area contributed by atoms with Gasteiger partial charge in [0.05, 0.1) is 11.4 Å². The predicted octanol–water partition coefficient (Wildman–Crippen LogP) is 3.57. The standard InChI is InChI=1S/C16H12FN3O3S.Na.H/c17-10-4-3-5-11(8-10)19-20-14-9-15(24(21,22)23)12-6-1-2-7-13(12)16(14)18;;/h1-9H,18H2,(H,21,22,23);;/b20-19+;;. The van der Waals surface area contributed by atoms with Crippen molar-refractivity contribution in [3.8, 4) is 0 Å². The van der Waals surface area contributed by atoms with Crippen LogP contribution < -0.4 is 5.73 Å². The van der Waals surface area contributed by atoms with Gasteiger partial charge in [-0.2, -0.15) is 13.5 Å². The molecule has 0 aliphatic rings. The molecule has 0 aromatic heterocycles. The molecular weight excluding hydrogens is 356 g/mol. The molecule has 0 radical (unpaired) electrons. The van der Waals surface area contributed by atoms with E-state index in [2.05, 4.69) is 10.2 Å². The van der Waals surface area contributed by atoms with E-state index < -0.39 is 15.9 Å². The summed E-state index contributed by atoms with van der Waals surface area (Å²) in [5.74, 6) is -0.475. The van der Waals surface area contributed by atoms with Gasteiger partial charge in [0.2, 0.25) is 0 Å². The van der Waals surface area contributed by atoms with Crippen LogP contribution in [0.1, 0.15) is 0 Å². The first-order chi connectivity index (χ1) is 11.4. The minimum absolute atomic E-state index is 0. The van der Waals surface area contributed by atoms with Crippen molar-refractivity contribution in [1.82, 2.24) is 0 Å². The van der Waals surface area contributed by atoms with E-state index in [9.17, 15) is 17.4 Å². The Morgan fingerprint density at radius 1 is 0.960 bits per heavy atom. The maximum absolute atomic E-state index is 13.2. The molecular formula is C16H13FN3NaO3S. The second kappa shape index (κ2) is 7.59. The second-order valence-corrected chi connectivity index (χ2v) is 6.40. The number of azo groups is 1. The summed E-state index contributed by atoms with van der Waals surface area (Å²) in [6.45, 7) is 0. The summed E-state index contributed by atoms with van der Waals surface area (Å²) in [5, 5.41) is 8.45. The van der Waals surface area contributed by atoms with Gasteiger partial charge in [-0.25, -0.2) is 4.39 Å². The van der Waals surface area contributed by atoms with Crippen LogP contribution in [0.4, 0.5) is 21.5 Å². The van der Waals surface area contributed by atoms with Crippen LogP contribution in [0.2, 0.25) is 0 Å². The zero-order valence-electron chi connectivity index (χ0n) is 12.2. The van der Waals surface area contributed by atoms with E-state index in [0.29, 0.717) is 5.39 Å². The van der Waals surface area contributed by atoms with Crippen molar-refractivity contribution >= 4 is 67.5 Å². The molecule has 0 saturated heterocycles. The molecule has 3 N–H and O–H groups in total. The molecule has 0 aliphatic heterocycles. The molecule has 0 unspecified atom stereocenters. The number of benzene rings is 3. The average Bonchev–Trinajstić information content (AvgIpc) is 2.53. The van der Waals surface area contributed by atoms with Crippen molar-refractivity contribution in [3.63, 3.8) is 0 Å². The third-order valence-electron chi connectivity index (χ3n) is 3.39. The quantitative estimate of drug-likeness (QED) is 0.319. The fourth-order valence-electron chi connectivity index (χ4n) is 2.30. The van der Waals surface area contributed by atoms with Gasteiger partial charge in [-0.1, -0.05) is 30.3 Å². The molecule has 6 nitrogen and oxygen atoms in total. The van der Waals surface area contributed by atoms with Crippen LogP contribution in [0.15, 0.2) is 69.7 Å². The van der Waals surface area contributed by atoms with Gasteiger partial charge in [0.1, 0.15) is 16.4 Å². The number of fused-ring (bicyclic) bond motifs is 1. The number of nitrogens with two attached hydrogens (primary N) is 1. The first-order valence-electron chi connectivity index (χ1n) is 6.82. The van der Waals surface area contributed by atoms with Crippen LogP contribution in [0.25, 0.3) is 10.8 Å². The van der Waals surface area contributed by atoms with Crippen LogP contribution in [0.5, 0.6) is 0 Å². The topological polar surface area (TPSA) is 105 Å². The van der Waals surface area contributed by atoms with Crippen molar-refractivity contribution in [2.45, 2.75) is 4.90 Å². The van der Waals surface area contributed by atoms with E-state index in [1.54, 1.807) is 18.2 Å². The number of nitrogens with zero attached hydrogens (tertiary/aromatic N) is 2. The van der Waals surface area contributed by atoms with E-state index in [1.165, 1.54) is 30.3 Å². The third kappa shape index (κ3) is 4.23. The Hall–Kier alpha value is -1.84. The Labute approximate surface area is 165 Å². The molecule has 3 aromatic carbocycles. The molecule has 3 rings (SSSR count). The van der Waals surface area contributed by atoms with Crippen molar-refractivity contribution in [1.29, 1.82) is 0 Å². The van der Waals surface area contributed by atoms with E-state index >= 15 is 0 Å². The Balaban J connectivity index is 0.00000225. The maximum atomic E-state index is 13.2. The molecule has 0 spiro atoms. The zero-order chi connectivity index (χ0) is 17.3. The van der Waals surface area contributed by atoms with E-state index in [0.717, 1.165) is 6.07 Å². The first-order valence-corrected chi connectivity index (χ1v) is 8.26. The van der Waals surface area contributed by atoms with Gasteiger partial charge in [-0.3, -0.25) is 4.55 Å². The van der Waals surface area contributed by atoms with Crippen molar-refractivity contribution in [2.24, 2.45) is 10.2 Å². The number of nitrogen functional groups attached to an aromatic ring is 1. The van der Waals surface area contributed by atoms with Crippen LogP contribution in [0.3, 0.4) is 0 Å². The van der Waals surface area contributed by atoms with Crippen molar-refractivity contribution in [2.75, 3.05) is 5.73 Å². The van der Waals surface area contributed by atoms with Gasteiger partial charge in [0, 0.05) is 16.8 Å². The molecule has 0 amide bonds. The van der Waals surface area contributed by atoms with Crippen LogP contribution >= 0.6 is 0 Å². The molecule has 25 heavy (non-hydrogen) atoms. The Kier molecular flexibility index (Phi) is 5.91. The van der Waals surface area contributed by atoms with Crippen LogP contribution in [-0.2, 0) is 10.1 Å². The molecule has 0 aliphatic carbocycles. The molecule has 0 heterocycles.